The third-order valence-corrected chi connectivity index (χ3v) is 7.96. The predicted octanol–water partition coefficient (Wildman–Crippen LogP) is 2.41. The number of likely N-dealkylation sites (tertiary alicyclic amines) is 1. The first kappa shape index (κ1) is 19.8. The number of sulfone groups is 1. The molecule has 1 fully saturated rings. The Hall–Kier alpha value is -1.94. The van der Waals surface area contributed by atoms with Crippen molar-refractivity contribution in [3.63, 3.8) is 0 Å². The van der Waals surface area contributed by atoms with Crippen LogP contribution in [0.2, 0.25) is 0 Å². The average molecular weight is 413 g/mol. The van der Waals surface area contributed by atoms with Gasteiger partial charge in [-0.05, 0) is 37.3 Å². The Morgan fingerprint density at radius 1 is 1.37 bits per heavy atom. The summed E-state index contributed by atoms with van der Waals surface area (Å²) in [6.45, 7) is 7.15. The molecule has 27 heavy (non-hydrogen) atoms. The molecule has 1 aliphatic rings. The molecular weight excluding hydrogens is 388 g/mol. The fourth-order valence-corrected chi connectivity index (χ4v) is 5.84. The first-order valence-electron chi connectivity index (χ1n) is 8.89. The average Bonchev–Trinajstić information content (AvgIpc) is 3.29. The number of amides is 1. The molecule has 148 valence electrons. The molecule has 1 aliphatic heterocycles. The lowest BCUT2D eigenvalue weighted by molar-refractivity contribution is -0.133. The molecule has 0 unspecified atom stereocenters. The summed E-state index contributed by atoms with van der Waals surface area (Å²) in [5, 5.41) is 9.81. The van der Waals surface area contributed by atoms with Gasteiger partial charge in [0.1, 0.15) is 11.0 Å². The number of nitrogens with zero attached hydrogens (tertiary/aromatic N) is 3. The zero-order chi connectivity index (χ0) is 19.6. The maximum Gasteiger partial charge on any atom is 0.241 e. The highest BCUT2D eigenvalue weighted by Gasteiger charge is 2.37. The van der Waals surface area contributed by atoms with Crippen LogP contribution in [-0.4, -0.2) is 47.8 Å². The lowest BCUT2D eigenvalue weighted by Crippen LogP contribution is -2.48. The van der Waals surface area contributed by atoms with Crippen LogP contribution in [0.25, 0.3) is 0 Å². The van der Waals surface area contributed by atoms with Crippen LogP contribution in [-0.2, 0) is 21.2 Å². The SMILES string of the molecule is C[C@@H]1C[C@@H](C)CN(C(=O)[C@@H](C)S(=O)(=O)c2nnc(NCc3ccco3)s2)C1. The molecule has 2 aromatic rings. The highest BCUT2D eigenvalue weighted by molar-refractivity contribution is 7.94. The van der Waals surface area contributed by atoms with Crippen LogP contribution in [0.5, 0.6) is 0 Å². The summed E-state index contributed by atoms with van der Waals surface area (Å²) in [6.07, 6.45) is 2.61. The van der Waals surface area contributed by atoms with E-state index in [-0.39, 0.29) is 10.2 Å². The zero-order valence-electron chi connectivity index (χ0n) is 15.6. The largest absolute Gasteiger partial charge is 0.467 e. The van der Waals surface area contributed by atoms with Crippen LogP contribution in [0.4, 0.5) is 5.13 Å². The highest BCUT2D eigenvalue weighted by atomic mass is 32.2. The number of carbonyl (C=O) groups excluding carboxylic acids is 1. The molecule has 8 nitrogen and oxygen atoms in total. The van der Waals surface area contributed by atoms with E-state index in [4.69, 9.17) is 4.42 Å². The number of aromatic nitrogens is 2. The Balaban J connectivity index is 1.68. The fourth-order valence-electron chi connectivity index (χ4n) is 3.36. The van der Waals surface area contributed by atoms with Gasteiger partial charge in [-0.3, -0.25) is 4.79 Å². The van der Waals surface area contributed by atoms with Gasteiger partial charge in [-0.1, -0.05) is 25.2 Å². The normalized spacial score (nSPS) is 21.8. The second-order valence-corrected chi connectivity index (χ2v) is 10.6. The summed E-state index contributed by atoms with van der Waals surface area (Å²) < 4.78 is 30.7. The van der Waals surface area contributed by atoms with Crippen molar-refractivity contribution in [1.29, 1.82) is 0 Å². The third kappa shape index (κ3) is 4.49. The third-order valence-electron chi connectivity index (χ3n) is 4.64. The van der Waals surface area contributed by atoms with Gasteiger partial charge >= 0.3 is 0 Å². The van der Waals surface area contributed by atoms with Crippen LogP contribution in [0.15, 0.2) is 27.2 Å². The van der Waals surface area contributed by atoms with Crippen LogP contribution in [0, 0.1) is 11.8 Å². The van der Waals surface area contributed by atoms with E-state index in [0.717, 1.165) is 17.8 Å². The number of hydrogen-bond acceptors (Lipinski definition) is 8. The molecular formula is C17H24N4O4S2. The van der Waals surface area contributed by atoms with Crippen molar-refractivity contribution in [2.45, 2.75) is 43.3 Å². The number of carbonyl (C=O) groups is 1. The molecule has 10 heteroatoms. The Morgan fingerprint density at radius 2 is 2.07 bits per heavy atom. The Bertz CT molecular complexity index is 869. The minimum Gasteiger partial charge on any atom is -0.467 e. The topological polar surface area (TPSA) is 105 Å². The molecule has 0 radical (unpaired) electrons. The molecule has 1 N–H and O–H groups in total. The van der Waals surface area contributed by atoms with E-state index in [1.807, 2.05) is 0 Å². The van der Waals surface area contributed by atoms with Crippen molar-refractivity contribution in [2.75, 3.05) is 18.4 Å². The summed E-state index contributed by atoms with van der Waals surface area (Å²) in [6, 6.07) is 3.57. The fraction of sp³-hybridized carbons (Fsp3) is 0.588. The van der Waals surface area contributed by atoms with E-state index in [1.54, 1.807) is 23.3 Å². The summed E-state index contributed by atoms with van der Waals surface area (Å²) in [5.74, 6) is 1.07. The van der Waals surface area contributed by atoms with Crippen molar-refractivity contribution in [2.24, 2.45) is 11.8 Å². The number of hydrogen-bond donors (Lipinski definition) is 1. The molecule has 3 heterocycles. The van der Waals surface area contributed by atoms with E-state index in [2.05, 4.69) is 29.4 Å². The maximum absolute atomic E-state index is 12.8. The quantitative estimate of drug-likeness (QED) is 0.776. The van der Waals surface area contributed by atoms with E-state index < -0.39 is 15.1 Å². The predicted molar refractivity (Wildman–Crippen MR) is 102 cm³/mol. The van der Waals surface area contributed by atoms with Gasteiger partial charge in [-0.2, -0.15) is 0 Å². The minimum absolute atomic E-state index is 0.150. The standard InChI is InChI=1S/C17H24N4O4S2/c1-11-7-12(2)10-21(9-11)15(22)13(3)27(23,24)17-20-19-16(26-17)18-8-14-5-4-6-25-14/h4-6,11-13H,7-10H2,1-3H3,(H,18,19)/t11-,12-,13-/m1/s1. The lowest BCUT2D eigenvalue weighted by atomic mass is 9.92. The molecule has 0 aliphatic carbocycles. The van der Waals surface area contributed by atoms with E-state index in [1.165, 1.54) is 6.92 Å². The molecule has 0 spiro atoms. The van der Waals surface area contributed by atoms with E-state index in [9.17, 15) is 13.2 Å². The lowest BCUT2D eigenvalue weighted by Gasteiger charge is -2.36. The molecule has 3 rings (SSSR count). The first-order valence-corrected chi connectivity index (χ1v) is 11.3. The van der Waals surface area contributed by atoms with Crippen LogP contribution in [0.3, 0.4) is 0 Å². The van der Waals surface area contributed by atoms with Gasteiger partial charge in [0.15, 0.2) is 0 Å². The minimum atomic E-state index is -3.88. The van der Waals surface area contributed by atoms with Gasteiger partial charge < -0.3 is 14.6 Å². The molecule has 0 bridgehead atoms. The number of furan rings is 1. The Kier molecular flexibility index (Phi) is 5.85. The second-order valence-electron chi connectivity index (χ2n) is 7.18. The highest BCUT2D eigenvalue weighted by Crippen LogP contribution is 2.27. The summed E-state index contributed by atoms with van der Waals surface area (Å²) in [7, 11) is -3.88. The van der Waals surface area contributed by atoms with Gasteiger partial charge in [-0.15, -0.1) is 10.2 Å². The van der Waals surface area contributed by atoms with Gasteiger partial charge in [0, 0.05) is 13.1 Å². The Morgan fingerprint density at radius 3 is 2.70 bits per heavy atom. The monoisotopic (exact) mass is 412 g/mol. The number of piperidine rings is 1. The number of nitrogens with one attached hydrogen (secondary N) is 1. The van der Waals surface area contributed by atoms with Crippen molar-refractivity contribution in [3.8, 4) is 0 Å². The number of anilines is 1. The molecule has 0 aromatic carbocycles. The molecule has 1 amide bonds. The van der Waals surface area contributed by atoms with Gasteiger partial charge in [0.2, 0.25) is 25.2 Å². The second kappa shape index (κ2) is 7.97. The smallest absolute Gasteiger partial charge is 0.241 e. The van der Waals surface area contributed by atoms with Crippen LogP contribution >= 0.6 is 11.3 Å². The summed E-state index contributed by atoms with van der Waals surface area (Å²) >= 11 is 0.921. The van der Waals surface area contributed by atoms with Gasteiger partial charge in [-0.25, -0.2) is 8.42 Å². The summed E-state index contributed by atoms with van der Waals surface area (Å²) in [4.78, 5) is 14.4. The van der Waals surface area contributed by atoms with Crippen LogP contribution in [0.1, 0.15) is 33.0 Å². The van der Waals surface area contributed by atoms with Crippen molar-refractivity contribution >= 4 is 32.2 Å². The Labute approximate surface area is 162 Å². The molecule has 1 saturated heterocycles. The van der Waals surface area contributed by atoms with Crippen molar-refractivity contribution in [3.05, 3.63) is 24.2 Å². The van der Waals surface area contributed by atoms with Gasteiger partial charge in [0.25, 0.3) is 0 Å². The molecule has 2 aromatic heterocycles. The molecule has 3 atom stereocenters. The maximum atomic E-state index is 12.8. The van der Waals surface area contributed by atoms with E-state index >= 15 is 0 Å². The molecule has 0 saturated carbocycles. The summed E-state index contributed by atoms with van der Waals surface area (Å²) in [5.41, 5.74) is 0. The van der Waals surface area contributed by atoms with E-state index in [0.29, 0.717) is 42.4 Å². The number of rotatable bonds is 6. The van der Waals surface area contributed by atoms with Crippen LogP contribution < -0.4 is 5.32 Å². The zero-order valence-corrected chi connectivity index (χ0v) is 17.2. The van der Waals surface area contributed by atoms with Crippen molar-refractivity contribution < 1.29 is 17.6 Å². The first-order chi connectivity index (χ1) is 12.8. The van der Waals surface area contributed by atoms with Crippen molar-refractivity contribution in [1.82, 2.24) is 15.1 Å². The van der Waals surface area contributed by atoms with Gasteiger partial charge in [0.05, 0.1) is 12.8 Å².